The van der Waals surface area contributed by atoms with Gasteiger partial charge in [0.1, 0.15) is 18.5 Å². The Morgan fingerprint density at radius 2 is 1.82 bits per heavy atom. The molecule has 0 unspecified atom stereocenters. The maximum atomic E-state index is 11.1. The number of hydrogen-bond donors (Lipinski definition) is 3. The predicted octanol–water partition coefficient (Wildman–Crippen LogP) is 1.90. The average Bonchev–Trinajstić information content (AvgIpc) is 2.71. The van der Waals surface area contributed by atoms with Gasteiger partial charge in [0.05, 0.1) is 7.11 Å². The van der Waals surface area contributed by atoms with Gasteiger partial charge >= 0.3 is 5.97 Å². The lowest BCUT2D eigenvalue weighted by Gasteiger charge is -2.18. The monoisotopic (exact) mass is 389 g/mol. The molecule has 0 aromatic heterocycles. The molecule has 2 atom stereocenters. The fraction of sp³-hybridized carbons (Fsp3) is 0.381. The smallest absolute Gasteiger partial charge is 0.343 e. The molecule has 0 radical (unpaired) electrons. The van der Waals surface area contributed by atoms with Crippen LogP contribution in [-0.4, -0.2) is 55.2 Å². The number of nitrogens with one attached hydrogen (secondary N) is 1. The molecule has 0 saturated heterocycles. The number of aliphatic hydroxyl groups excluding tert-OH is 1. The van der Waals surface area contributed by atoms with Crippen molar-refractivity contribution in [3.05, 3.63) is 54.1 Å². The first-order chi connectivity index (χ1) is 13.5. The zero-order valence-electron chi connectivity index (χ0n) is 16.1. The minimum atomic E-state index is -0.698. The summed E-state index contributed by atoms with van der Waals surface area (Å²) < 4.78 is 15.3. The van der Waals surface area contributed by atoms with E-state index in [1.165, 1.54) is 13.2 Å². The number of carbonyl (C=O) groups is 1. The Labute approximate surface area is 164 Å². The third kappa shape index (κ3) is 7.46. The molecule has 2 aromatic carbocycles. The minimum Gasteiger partial charge on any atom is -0.504 e. The fourth-order valence-corrected chi connectivity index (χ4v) is 2.51. The van der Waals surface area contributed by atoms with Gasteiger partial charge in [-0.3, -0.25) is 0 Å². The number of aliphatic hydroxyl groups is 1. The van der Waals surface area contributed by atoms with Crippen LogP contribution in [0.2, 0.25) is 0 Å². The molecule has 152 valence electrons. The third-order valence-corrected chi connectivity index (χ3v) is 4.05. The number of para-hydroxylation sites is 2. The Balaban J connectivity index is 1.69. The molecule has 0 aliphatic heterocycles. The Morgan fingerprint density at radius 1 is 1.11 bits per heavy atom. The van der Waals surface area contributed by atoms with Gasteiger partial charge in [0.2, 0.25) is 0 Å². The molecule has 0 aliphatic rings. The maximum absolute atomic E-state index is 11.1. The number of ether oxygens (including phenoxy) is 3. The van der Waals surface area contributed by atoms with Gasteiger partial charge in [-0.1, -0.05) is 24.3 Å². The van der Waals surface area contributed by atoms with Crippen molar-refractivity contribution in [2.24, 2.45) is 0 Å². The molecule has 0 aliphatic carbocycles. The summed E-state index contributed by atoms with van der Waals surface area (Å²) in [5, 5.41) is 23.0. The van der Waals surface area contributed by atoms with E-state index in [1.807, 2.05) is 19.1 Å². The molecule has 28 heavy (non-hydrogen) atoms. The van der Waals surface area contributed by atoms with E-state index in [9.17, 15) is 15.0 Å². The molecule has 3 N–H and O–H groups in total. The van der Waals surface area contributed by atoms with Crippen LogP contribution in [0.4, 0.5) is 0 Å². The van der Waals surface area contributed by atoms with Crippen molar-refractivity contribution in [1.82, 2.24) is 5.32 Å². The van der Waals surface area contributed by atoms with Crippen LogP contribution in [0.3, 0.4) is 0 Å². The van der Waals surface area contributed by atoms with Crippen LogP contribution >= 0.6 is 0 Å². The summed E-state index contributed by atoms with van der Waals surface area (Å²) >= 11 is 0. The number of phenols is 1. The standard InChI is InChI=1S/C21H27NO6/c1-15(11-16-7-9-18(10-8-16)27-14-21(25)26-2)22-12-17(23)13-28-20-6-4-3-5-19(20)24/h3-10,15,17,22-24H,11-14H2,1-2H3/t15-,17+/m1/s1. The Bertz CT molecular complexity index is 734. The second-order valence-electron chi connectivity index (χ2n) is 6.45. The number of benzene rings is 2. The quantitative estimate of drug-likeness (QED) is 0.505. The highest BCUT2D eigenvalue weighted by Gasteiger charge is 2.10. The Kier molecular flexibility index (Phi) is 8.58. The molecule has 0 amide bonds. The number of phenolic OH excluding ortho intramolecular Hbond substituents is 1. The second kappa shape index (κ2) is 11.2. The van der Waals surface area contributed by atoms with E-state index in [4.69, 9.17) is 9.47 Å². The lowest BCUT2D eigenvalue weighted by molar-refractivity contribution is -0.142. The largest absolute Gasteiger partial charge is 0.504 e. The molecule has 0 saturated carbocycles. The van der Waals surface area contributed by atoms with Crippen molar-refractivity contribution in [3.8, 4) is 17.2 Å². The van der Waals surface area contributed by atoms with Crippen molar-refractivity contribution >= 4 is 5.97 Å². The van der Waals surface area contributed by atoms with Gasteiger partial charge in [-0.25, -0.2) is 4.79 Å². The highest BCUT2D eigenvalue weighted by atomic mass is 16.6. The number of rotatable bonds is 11. The van der Waals surface area contributed by atoms with Gasteiger partial charge < -0.3 is 29.7 Å². The lowest BCUT2D eigenvalue weighted by atomic mass is 10.1. The molecule has 2 rings (SSSR count). The number of esters is 1. The summed E-state index contributed by atoms with van der Waals surface area (Å²) in [7, 11) is 1.32. The lowest BCUT2D eigenvalue weighted by Crippen LogP contribution is -2.37. The second-order valence-corrected chi connectivity index (χ2v) is 6.45. The van der Waals surface area contributed by atoms with Crippen molar-refractivity contribution in [2.45, 2.75) is 25.5 Å². The summed E-state index contributed by atoms with van der Waals surface area (Å²) in [6.45, 7) is 2.37. The average molecular weight is 389 g/mol. The first kappa shape index (κ1) is 21.5. The topological polar surface area (TPSA) is 97.3 Å². The summed E-state index contributed by atoms with van der Waals surface area (Å²) in [6, 6.07) is 14.3. The number of hydrogen-bond acceptors (Lipinski definition) is 7. The minimum absolute atomic E-state index is 0.0510. The van der Waals surface area contributed by atoms with Crippen LogP contribution in [0.15, 0.2) is 48.5 Å². The molecular formula is C21H27NO6. The van der Waals surface area contributed by atoms with E-state index in [0.29, 0.717) is 18.0 Å². The molecule has 2 aromatic rings. The van der Waals surface area contributed by atoms with Gasteiger partial charge in [-0.15, -0.1) is 0 Å². The maximum Gasteiger partial charge on any atom is 0.343 e. The van der Waals surface area contributed by atoms with E-state index in [1.54, 1.807) is 30.3 Å². The van der Waals surface area contributed by atoms with Crippen molar-refractivity contribution in [3.63, 3.8) is 0 Å². The molecular weight excluding hydrogens is 362 g/mol. The first-order valence-corrected chi connectivity index (χ1v) is 9.08. The summed E-state index contributed by atoms with van der Waals surface area (Å²) in [5.41, 5.74) is 1.10. The summed E-state index contributed by atoms with van der Waals surface area (Å²) in [5.74, 6) is 0.581. The Hall–Kier alpha value is -2.77. The first-order valence-electron chi connectivity index (χ1n) is 9.08. The number of aromatic hydroxyl groups is 1. The zero-order valence-corrected chi connectivity index (χ0v) is 16.1. The van der Waals surface area contributed by atoms with Crippen LogP contribution in [0.1, 0.15) is 12.5 Å². The molecule has 0 bridgehead atoms. The highest BCUT2D eigenvalue weighted by Crippen LogP contribution is 2.24. The predicted molar refractivity (Wildman–Crippen MR) is 105 cm³/mol. The van der Waals surface area contributed by atoms with Crippen LogP contribution in [0, 0.1) is 0 Å². The van der Waals surface area contributed by atoms with E-state index >= 15 is 0 Å². The highest BCUT2D eigenvalue weighted by molar-refractivity contribution is 5.70. The number of methoxy groups -OCH3 is 1. The van der Waals surface area contributed by atoms with Gasteiger partial charge in [-0.05, 0) is 43.2 Å². The molecule has 7 nitrogen and oxygen atoms in total. The van der Waals surface area contributed by atoms with Gasteiger partial charge in [-0.2, -0.15) is 0 Å². The van der Waals surface area contributed by atoms with Crippen LogP contribution in [-0.2, 0) is 16.0 Å². The van der Waals surface area contributed by atoms with Crippen molar-refractivity contribution < 1.29 is 29.2 Å². The summed E-state index contributed by atoms with van der Waals surface area (Å²) in [4.78, 5) is 11.1. The van der Waals surface area contributed by atoms with Crippen LogP contribution in [0.25, 0.3) is 0 Å². The molecule has 0 heterocycles. The van der Waals surface area contributed by atoms with Crippen LogP contribution in [0.5, 0.6) is 17.2 Å². The normalized spacial score (nSPS) is 12.8. The zero-order chi connectivity index (χ0) is 20.4. The van der Waals surface area contributed by atoms with E-state index < -0.39 is 12.1 Å². The van der Waals surface area contributed by atoms with Crippen molar-refractivity contribution in [2.75, 3.05) is 26.9 Å². The number of carbonyl (C=O) groups excluding carboxylic acids is 1. The van der Waals surface area contributed by atoms with Crippen LogP contribution < -0.4 is 14.8 Å². The van der Waals surface area contributed by atoms with E-state index in [0.717, 1.165) is 12.0 Å². The summed E-state index contributed by atoms with van der Waals surface area (Å²) in [6.07, 6.45) is 0.0702. The van der Waals surface area contributed by atoms with E-state index in [-0.39, 0.29) is 25.0 Å². The van der Waals surface area contributed by atoms with Gasteiger partial charge in [0.15, 0.2) is 18.1 Å². The third-order valence-electron chi connectivity index (χ3n) is 4.05. The molecule has 0 fully saturated rings. The SMILES string of the molecule is COC(=O)COc1ccc(C[C@@H](C)NC[C@H](O)COc2ccccc2O)cc1. The molecule has 7 heteroatoms. The molecule has 0 spiro atoms. The fourth-order valence-electron chi connectivity index (χ4n) is 2.51. The van der Waals surface area contributed by atoms with Crippen molar-refractivity contribution in [1.29, 1.82) is 0 Å². The van der Waals surface area contributed by atoms with Gasteiger partial charge in [0.25, 0.3) is 0 Å². The van der Waals surface area contributed by atoms with E-state index in [2.05, 4.69) is 10.1 Å². The van der Waals surface area contributed by atoms with Gasteiger partial charge in [0, 0.05) is 12.6 Å². The Morgan fingerprint density at radius 3 is 2.50 bits per heavy atom.